The van der Waals surface area contributed by atoms with E-state index in [0.717, 1.165) is 0 Å². The van der Waals surface area contributed by atoms with Crippen LogP contribution in [0.25, 0.3) is 0 Å². The van der Waals surface area contributed by atoms with E-state index in [4.69, 9.17) is 11.1 Å². The number of guanidine groups is 1. The average Bonchev–Trinajstić information content (AvgIpc) is 2.46. The van der Waals surface area contributed by atoms with Crippen LogP contribution in [-0.2, 0) is 0 Å². The van der Waals surface area contributed by atoms with E-state index >= 15 is 0 Å². The molecule has 2 rings (SSSR count). The van der Waals surface area contributed by atoms with Crippen LogP contribution in [0.3, 0.4) is 0 Å². The van der Waals surface area contributed by atoms with Crippen molar-refractivity contribution in [1.29, 1.82) is 5.41 Å². The highest BCUT2D eigenvalue weighted by molar-refractivity contribution is 5.95. The SMILES string of the molecule is N=C(N)N1CCN(C(=O)c2cccc([N+](=O)[O-])c2)CC1. The Bertz CT molecular complexity index is 552. The topological polar surface area (TPSA) is 117 Å². The van der Waals surface area contributed by atoms with Crippen LogP contribution in [0.4, 0.5) is 5.69 Å². The van der Waals surface area contributed by atoms with Gasteiger partial charge in [-0.05, 0) is 6.07 Å². The lowest BCUT2D eigenvalue weighted by Gasteiger charge is -2.34. The predicted molar refractivity (Wildman–Crippen MR) is 72.5 cm³/mol. The van der Waals surface area contributed by atoms with E-state index in [0.29, 0.717) is 31.7 Å². The number of nitro benzene ring substituents is 1. The number of carbonyl (C=O) groups excluding carboxylic acids is 1. The van der Waals surface area contributed by atoms with Crippen molar-refractivity contribution in [1.82, 2.24) is 9.80 Å². The molecular formula is C12H15N5O3. The number of carbonyl (C=O) groups is 1. The lowest BCUT2D eigenvalue weighted by molar-refractivity contribution is -0.384. The van der Waals surface area contributed by atoms with Crippen molar-refractivity contribution in [3.05, 3.63) is 39.9 Å². The summed E-state index contributed by atoms with van der Waals surface area (Å²) in [4.78, 5) is 25.7. The Labute approximate surface area is 115 Å². The second-order valence-corrected chi connectivity index (χ2v) is 4.47. The van der Waals surface area contributed by atoms with Gasteiger partial charge in [0.15, 0.2) is 5.96 Å². The molecule has 1 saturated heterocycles. The molecule has 1 fully saturated rings. The Hall–Kier alpha value is -2.64. The van der Waals surface area contributed by atoms with Crippen LogP contribution in [0.2, 0.25) is 0 Å². The van der Waals surface area contributed by atoms with Crippen LogP contribution >= 0.6 is 0 Å². The van der Waals surface area contributed by atoms with Crippen molar-refractivity contribution in [2.75, 3.05) is 26.2 Å². The molecule has 0 unspecified atom stereocenters. The van der Waals surface area contributed by atoms with Crippen molar-refractivity contribution in [2.24, 2.45) is 5.73 Å². The molecule has 0 bridgehead atoms. The lowest BCUT2D eigenvalue weighted by atomic mass is 10.1. The molecule has 8 nitrogen and oxygen atoms in total. The maximum absolute atomic E-state index is 12.3. The van der Waals surface area contributed by atoms with E-state index < -0.39 is 4.92 Å². The molecule has 0 aromatic heterocycles. The van der Waals surface area contributed by atoms with Crippen LogP contribution in [0.1, 0.15) is 10.4 Å². The summed E-state index contributed by atoms with van der Waals surface area (Å²) in [6.45, 7) is 1.88. The molecule has 20 heavy (non-hydrogen) atoms. The van der Waals surface area contributed by atoms with E-state index in [9.17, 15) is 14.9 Å². The summed E-state index contributed by atoms with van der Waals surface area (Å²) in [5.74, 6) is -0.246. The van der Waals surface area contributed by atoms with Gasteiger partial charge in [0.2, 0.25) is 0 Å². The van der Waals surface area contributed by atoms with Gasteiger partial charge in [0, 0.05) is 43.9 Å². The van der Waals surface area contributed by atoms with Crippen LogP contribution in [0, 0.1) is 15.5 Å². The molecule has 0 spiro atoms. The highest BCUT2D eigenvalue weighted by Gasteiger charge is 2.23. The summed E-state index contributed by atoms with van der Waals surface area (Å²) in [6, 6.07) is 5.69. The molecule has 106 valence electrons. The molecule has 1 aromatic carbocycles. The number of amides is 1. The van der Waals surface area contributed by atoms with Crippen LogP contribution < -0.4 is 5.73 Å². The quantitative estimate of drug-likeness (QED) is 0.348. The van der Waals surface area contributed by atoms with E-state index in [2.05, 4.69) is 0 Å². The number of hydrogen-bond acceptors (Lipinski definition) is 4. The third kappa shape index (κ3) is 2.85. The van der Waals surface area contributed by atoms with Gasteiger partial charge in [-0.3, -0.25) is 20.3 Å². The third-order valence-electron chi connectivity index (χ3n) is 3.21. The molecule has 1 aromatic rings. The molecule has 0 aliphatic carbocycles. The molecule has 1 aliphatic heterocycles. The molecule has 8 heteroatoms. The zero-order valence-electron chi connectivity index (χ0n) is 10.8. The normalized spacial score (nSPS) is 15.0. The molecule has 0 atom stereocenters. The van der Waals surface area contributed by atoms with Crippen LogP contribution in [-0.4, -0.2) is 52.8 Å². The fourth-order valence-corrected chi connectivity index (χ4v) is 2.09. The maximum atomic E-state index is 12.3. The van der Waals surface area contributed by atoms with Gasteiger partial charge in [-0.1, -0.05) is 6.07 Å². The number of nitrogens with two attached hydrogens (primary N) is 1. The standard InChI is InChI=1S/C12H15N5O3/c13-12(14)16-6-4-15(5-7-16)11(18)9-2-1-3-10(8-9)17(19)20/h1-3,8H,4-7H2,(H3,13,14). The number of non-ortho nitro benzene ring substituents is 1. The fraction of sp³-hybridized carbons (Fsp3) is 0.333. The Morgan fingerprint density at radius 1 is 1.25 bits per heavy atom. The van der Waals surface area contributed by atoms with Crippen molar-refractivity contribution in [3.8, 4) is 0 Å². The number of nitro groups is 1. The Morgan fingerprint density at radius 3 is 2.40 bits per heavy atom. The zero-order chi connectivity index (χ0) is 14.7. The smallest absolute Gasteiger partial charge is 0.270 e. The van der Waals surface area contributed by atoms with Gasteiger partial charge in [0.05, 0.1) is 4.92 Å². The first-order valence-electron chi connectivity index (χ1n) is 6.12. The van der Waals surface area contributed by atoms with E-state index in [1.807, 2.05) is 0 Å². The van der Waals surface area contributed by atoms with Gasteiger partial charge in [-0.15, -0.1) is 0 Å². The van der Waals surface area contributed by atoms with Crippen LogP contribution in [0.15, 0.2) is 24.3 Å². The summed E-state index contributed by atoms with van der Waals surface area (Å²) in [5.41, 5.74) is 5.59. The highest BCUT2D eigenvalue weighted by Crippen LogP contribution is 2.15. The van der Waals surface area contributed by atoms with Crippen molar-refractivity contribution in [3.63, 3.8) is 0 Å². The first kappa shape index (κ1) is 13.8. The molecule has 1 aliphatic rings. The van der Waals surface area contributed by atoms with Gasteiger partial charge in [-0.2, -0.15) is 0 Å². The Kier molecular flexibility index (Phi) is 3.83. The third-order valence-corrected chi connectivity index (χ3v) is 3.21. The average molecular weight is 277 g/mol. The Morgan fingerprint density at radius 2 is 1.85 bits per heavy atom. The highest BCUT2D eigenvalue weighted by atomic mass is 16.6. The summed E-state index contributed by atoms with van der Waals surface area (Å²) in [7, 11) is 0. The van der Waals surface area contributed by atoms with Gasteiger partial charge in [0.25, 0.3) is 11.6 Å². The monoisotopic (exact) mass is 277 g/mol. The molecule has 0 saturated carbocycles. The molecule has 1 heterocycles. The number of hydrogen-bond donors (Lipinski definition) is 2. The summed E-state index contributed by atoms with van der Waals surface area (Å²) in [5, 5.41) is 18.0. The van der Waals surface area contributed by atoms with Gasteiger partial charge in [0.1, 0.15) is 0 Å². The van der Waals surface area contributed by atoms with Crippen molar-refractivity contribution >= 4 is 17.6 Å². The van der Waals surface area contributed by atoms with Gasteiger partial charge < -0.3 is 15.5 Å². The van der Waals surface area contributed by atoms with Crippen molar-refractivity contribution in [2.45, 2.75) is 0 Å². The molecular weight excluding hydrogens is 262 g/mol. The second-order valence-electron chi connectivity index (χ2n) is 4.47. The first-order valence-corrected chi connectivity index (χ1v) is 6.12. The predicted octanol–water partition coefficient (Wildman–Crippen LogP) is 0.246. The first-order chi connectivity index (χ1) is 9.49. The van der Waals surface area contributed by atoms with Gasteiger partial charge >= 0.3 is 0 Å². The minimum absolute atomic E-state index is 0.00699. The second kappa shape index (κ2) is 5.55. The molecule has 1 amide bonds. The minimum Gasteiger partial charge on any atom is -0.370 e. The lowest BCUT2D eigenvalue weighted by Crippen LogP contribution is -2.52. The Balaban J connectivity index is 2.07. The summed E-state index contributed by atoms with van der Waals surface area (Å²) >= 11 is 0. The van der Waals surface area contributed by atoms with E-state index in [1.165, 1.54) is 18.2 Å². The number of rotatable bonds is 2. The minimum atomic E-state index is -0.523. The number of piperazine rings is 1. The summed E-state index contributed by atoms with van der Waals surface area (Å²) < 4.78 is 0. The summed E-state index contributed by atoms with van der Waals surface area (Å²) in [6.07, 6.45) is 0. The van der Waals surface area contributed by atoms with Crippen molar-refractivity contribution < 1.29 is 9.72 Å². The zero-order valence-corrected chi connectivity index (χ0v) is 10.8. The largest absolute Gasteiger partial charge is 0.370 e. The molecule has 0 radical (unpaired) electrons. The number of nitrogens with zero attached hydrogens (tertiary/aromatic N) is 3. The number of benzene rings is 1. The van der Waals surface area contributed by atoms with Crippen LogP contribution in [0.5, 0.6) is 0 Å². The maximum Gasteiger partial charge on any atom is 0.270 e. The molecule has 3 N–H and O–H groups in total. The number of nitrogens with one attached hydrogen (secondary N) is 1. The van der Waals surface area contributed by atoms with E-state index in [1.54, 1.807) is 15.9 Å². The van der Waals surface area contributed by atoms with Gasteiger partial charge in [-0.25, -0.2) is 0 Å². The van der Waals surface area contributed by atoms with E-state index in [-0.39, 0.29) is 17.6 Å². The fourth-order valence-electron chi connectivity index (χ4n) is 2.09.